The average molecular weight is 551 g/mol. The van der Waals surface area contributed by atoms with E-state index >= 15 is 0 Å². The normalized spacial score (nSPS) is 17.1. The molecule has 0 spiro atoms. The second-order valence-corrected chi connectivity index (χ2v) is 10.8. The third kappa shape index (κ3) is 5.70. The monoisotopic (exact) mass is 550 g/mol. The first-order valence-corrected chi connectivity index (χ1v) is 13.0. The Morgan fingerprint density at radius 3 is 2.65 bits per heavy atom. The highest BCUT2D eigenvalue weighted by molar-refractivity contribution is 5.99. The van der Waals surface area contributed by atoms with E-state index in [1.165, 1.54) is 11.8 Å². The van der Waals surface area contributed by atoms with Crippen molar-refractivity contribution in [3.63, 3.8) is 0 Å². The van der Waals surface area contributed by atoms with Crippen LogP contribution in [0, 0.1) is 11.3 Å². The summed E-state index contributed by atoms with van der Waals surface area (Å²) in [6, 6.07) is 13.4. The molecule has 5 rings (SSSR count). The molecule has 1 aliphatic heterocycles. The molecule has 1 amide bonds. The fourth-order valence-corrected chi connectivity index (χ4v) is 5.04. The molecule has 1 aromatic carbocycles. The Morgan fingerprint density at radius 1 is 1.15 bits per heavy atom. The number of rotatable bonds is 7. The van der Waals surface area contributed by atoms with Crippen LogP contribution in [0.3, 0.4) is 0 Å². The maximum atomic E-state index is 12.8. The van der Waals surface area contributed by atoms with Gasteiger partial charge in [-0.3, -0.25) is 4.79 Å². The molecule has 0 unspecified atom stereocenters. The van der Waals surface area contributed by atoms with E-state index in [4.69, 9.17) is 0 Å². The van der Waals surface area contributed by atoms with E-state index in [-0.39, 0.29) is 22.7 Å². The molecule has 1 fully saturated rings. The molecule has 2 aliphatic rings. The van der Waals surface area contributed by atoms with Crippen molar-refractivity contribution in [2.45, 2.75) is 56.7 Å². The smallest absolute Gasteiger partial charge is 0.343 e. The maximum absolute atomic E-state index is 12.8. The van der Waals surface area contributed by atoms with Crippen LogP contribution in [0.1, 0.15) is 60.3 Å². The zero-order chi connectivity index (χ0) is 28.5. The number of carbonyl (C=O) groups excluding carboxylic acids is 1. The molecule has 3 aromatic rings. The number of hydrogen-bond acceptors (Lipinski definition) is 8. The molecule has 3 heterocycles. The minimum absolute atomic E-state index is 0.0176. The largest absolute Gasteiger partial charge is 0.405 e. The summed E-state index contributed by atoms with van der Waals surface area (Å²) in [5, 5.41) is 21.1. The van der Waals surface area contributed by atoms with E-state index in [9.17, 15) is 23.2 Å². The number of aromatic nitrogens is 3. The first-order chi connectivity index (χ1) is 19.0. The van der Waals surface area contributed by atoms with Gasteiger partial charge in [0, 0.05) is 30.4 Å². The summed E-state index contributed by atoms with van der Waals surface area (Å²) < 4.78 is 38.3. The zero-order valence-corrected chi connectivity index (χ0v) is 22.1. The summed E-state index contributed by atoms with van der Waals surface area (Å²) in [5.41, 5.74) is 2.81. The van der Waals surface area contributed by atoms with Crippen LogP contribution in [0.5, 0.6) is 0 Å². The van der Waals surface area contributed by atoms with Gasteiger partial charge in [0.15, 0.2) is 0 Å². The first kappa shape index (κ1) is 27.3. The molecule has 12 heteroatoms. The van der Waals surface area contributed by atoms with Gasteiger partial charge in [0.1, 0.15) is 23.7 Å². The van der Waals surface area contributed by atoms with Gasteiger partial charge in [0.05, 0.1) is 17.2 Å². The first-order valence-electron chi connectivity index (χ1n) is 13.0. The summed E-state index contributed by atoms with van der Waals surface area (Å²) in [5.74, 6) is -0.573. The lowest BCUT2D eigenvalue weighted by molar-refractivity contribution is -0.123. The van der Waals surface area contributed by atoms with Gasteiger partial charge in [-0.25, -0.2) is 9.97 Å². The lowest BCUT2D eigenvalue weighted by Gasteiger charge is -2.34. The Balaban J connectivity index is 1.45. The summed E-state index contributed by atoms with van der Waals surface area (Å²) in [4.78, 5) is 25.9. The van der Waals surface area contributed by atoms with Gasteiger partial charge in [-0.1, -0.05) is 26.0 Å². The molecule has 4 N–H and O–H groups in total. The van der Waals surface area contributed by atoms with Crippen molar-refractivity contribution in [2.75, 3.05) is 23.7 Å². The Bertz CT molecular complexity index is 1480. The van der Waals surface area contributed by atoms with Gasteiger partial charge < -0.3 is 21.3 Å². The Labute approximate surface area is 229 Å². The number of fused-ring (bicyclic) bond motifs is 1. The van der Waals surface area contributed by atoms with Crippen LogP contribution in [-0.2, 0) is 17.4 Å². The molecule has 0 atom stereocenters. The van der Waals surface area contributed by atoms with Crippen LogP contribution in [0.2, 0.25) is 0 Å². The van der Waals surface area contributed by atoms with Crippen molar-refractivity contribution in [3.05, 3.63) is 65.0 Å². The number of anilines is 4. The number of nitrogens with zero attached hydrogens (tertiary/aromatic N) is 4. The summed E-state index contributed by atoms with van der Waals surface area (Å²) >= 11 is 0. The van der Waals surface area contributed by atoms with Crippen molar-refractivity contribution in [1.29, 1.82) is 5.26 Å². The van der Waals surface area contributed by atoms with Crippen LogP contribution in [-0.4, -0.2) is 40.1 Å². The third-order valence-corrected chi connectivity index (χ3v) is 7.36. The van der Waals surface area contributed by atoms with Crippen molar-refractivity contribution in [3.8, 4) is 6.07 Å². The van der Waals surface area contributed by atoms with E-state index in [2.05, 4.69) is 56.9 Å². The Morgan fingerprint density at radius 2 is 1.95 bits per heavy atom. The van der Waals surface area contributed by atoms with E-state index in [0.29, 0.717) is 30.9 Å². The number of halogens is 3. The molecule has 40 heavy (non-hydrogen) atoms. The predicted octanol–water partition coefficient (Wildman–Crippen LogP) is 4.98. The second-order valence-electron chi connectivity index (χ2n) is 10.8. The van der Waals surface area contributed by atoms with Gasteiger partial charge in [0.25, 0.3) is 5.91 Å². The van der Waals surface area contributed by atoms with Crippen LogP contribution in [0.4, 0.5) is 36.4 Å². The molecule has 2 aromatic heterocycles. The number of hydrogen-bond donors (Lipinski definition) is 4. The fourth-order valence-electron chi connectivity index (χ4n) is 5.04. The molecule has 1 aliphatic carbocycles. The quantitative estimate of drug-likeness (QED) is 0.325. The van der Waals surface area contributed by atoms with Crippen LogP contribution in [0.25, 0.3) is 0 Å². The summed E-state index contributed by atoms with van der Waals surface area (Å²) in [6.45, 7) is 4.42. The number of nitriles is 1. The van der Waals surface area contributed by atoms with Crippen molar-refractivity contribution in [1.82, 2.24) is 25.6 Å². The van der Waals surface area contributed by atoms with E-state index in [0.717, 1.165) is 24.2 Å². The molecular formula is C28H29F3N8O. The minimum atomic E-state index is -4.58. The number of pyridine rings is 1. The molecular weight excluding hydrogens is 521 g/mol. The van der Waals surface area contributed by atoms with E-state index in [1.807, 2.05) is 17.4 Å². The van der Waals surface area contributed by atoms with Crippen LogP contribution < -0.4 is 21.3 Å². The maximum Gasteiger partial charge on any atom is 0.405 e. The Hall–Kier alpha value is -4.24. The number of carbonyl (C=O) groups is 1. The lowest BCUT2D eigenvalue weighted by Crippen LogP contribution is -2.38. The van der Waals surface area contributed by atoms with Crippen molar-refractivity contribution in [2.24, 2.45) is 0 Å². The lowest BCUT2D eigenvalue weighted by atomic mass is 9.67. The van der Waals surface area contributed by atoms with Gasteiger partial charge in [-0.05, 0) is 54.7 Å². The van der Waals surface area contributed by atoms with Crippen LogP contribution >= 0.6 is 0 Å². The summed E-state index contributed by atoms with van der Waals surface area (Å²) in [7, 11) is 0. The standard InChI is InChI=1S/C28H29F3N8O/c1-26(2)15-33-12-17-11-18(7-8-20(17)26)36-25-34-13-19(24(40)35-16-28(29,30)31)23(39-25)38-22-6-3-5-21(37-22)27(14-32)9-4-10-27/h3,5-8,11,13,33H,4,9-10,12,15-16H2,1-2H3,(H,35,40)(H2,34,36,37,38,39). The molecule has 9 nitrogen and oxygen atoms in total. The predicted molar refractivity (Wildman–Crippen MR) is 144 cm³/mol. The molecule has 208 valence electrons. The number of alkyl halides is 3. The number of benzene rings is 1. The topological polar surface area (TPSA) is 128 Å². The SMILES string of the molecule is CC1(C)CNCc2cc(Nc3ncc(C(=O)NCC(F)(F)F)c(Nc4cccc(C5(C#N)CCC5)n4)n3)ccc21. The molecule has 0 saturated heterocycles. The molecule has 1 saturated carbocycles. The minimum Gasteiger partial charge on any atom is -0.343 e. The Kier molecular flexibility index (Phi) is 7.10. The van der Waals surface area contributed by atoms with Crippen LogP contribution in [0.15, 0.2) is 42.6 Å². The highest BCUT2D eigenvalue weighted by Crippen LogP contribution is 2.42. The van der Waals surface area contributed by atoms with Crippen molar-refractivity contribution < 1.29 is 18.0 Å². The highest BCUT2D eigenvalue weighted by Gasteiger charge is 2.40. The second kappa shape index (κ2) is 10.4. The van der Waals surface area contributed by atoms with E-state index < -0.39 is 24.0 Å². The summed E-state index contributed by atoms with van der Waals surface area (Å²) in [6.07, 6.45) is -1.10. The highest BCUT2D eigenvalue weighted by atomic mass is 19.4. The number of amides is 1. The van der Waals surface area contributed by atoms with Crippen molar-refractivity contribution >= 4 is 29.2 Å². The molecule has 0 bridgehead atoms. The fraction of sp³-hybridized carbons (Fsp3) is 0.393. The van der Waals surface area contributed by atoms with Gasteiger partial charge in [-0.15, -0.1) is 0 Å². The average Bonchev–Trinajstić information content (AvgIpc) is 2.87. The number of nitrogens with one attached hydrogen (secondary N) is 4. The zero-order valence-electron chi connectivity index (χ0n) is 22.1. The van der Waals surface area contributed by atoms with Gasteiger partial charge >= 0.3 is 6.18 Å². The van der Waals surface area contributed by atoms with Gasteiger partial charge in [0.2, 0.25) is 5.95 Å². The molecule has 0 radical (unpaired) electrons. The van der Waals surface area contributed by atoms with E-state index in [1.54, 1.807) is 18.2 Å². The van der Waals surface area contributed by atoms with Gasteiger partial charge in [-0.2, -0.15) is 23.4 Å². The third-order valence-electron chi connectivity index (χ3n) is 7.36.